The lowest BCUT2D eigenvalue weighted by Gasteiger charge is -2.28. The van der Waals surface area contributed by atoms with Crippen LogP contribution in [-0.4, -0.2) is 28.8 Å². The summed E-state index contributed by atoms with van der Waals surface area (Å²) in [6.07, 6.45) is 4.94. The molecule has 0 aromatic heterocycles. The highest BCUT2D eigenvalue weighted by Gasteiger charge is 2.38. The van der Waals surface area contributed by atoms with Crippen LogP contribution in [0.5, 0.6) is 0 Å². The smallest absolute Gasteiger partial charge is 0.137 e. The van der Waals surface area contributed by atoms with Crippen molar-refractivity contribution >= 4 is 51.8 Å². The number of hydrazine groups is 1. The minimum absolute atomic E-state index is 0.0129. The predicted octanol–water partition coefficient (Wildman–Crippen LogP) is 6.25. The van der Waals surface area contributed by atoms with Crippen LogP contribution in [0.3, 0.4) is 0 Å². The molecule has 0 amide bonds. The number of halogens is 2. The van der Waals surface area contributed by atoms with Crippen molar-refractivity contribution in [3.63, 3.8) is 0 Å². The molecule has 1 fully saturated rings. The van der Waals surface area contributed by atoms with E-state index in [2.05, 4.69) is 29.5 Å². The van der Waals surface area contributed by atoms with Crippen LogP contribution in [0.1, 0.15) is 44.2 Å². The zero-order valence-electron chi connectivity index (χ0n) is 17.0. The van der Waals surface area contributed by atoms with E-state index < -0.39 is 0 Å². The highest BCUT2D eigenvalue weighted by atomic mass is 35.5. The molecule has 2 aromatic rings. The van der Waals surface area contributed by atoms with Gasteiger partial charge in [-0.2, -0.15) is 5.10 Å². The Morgan fingerprint density at radius 2 is 1.67 bits per heavy atom. The van der Waals surface area contributed by atoms with Crippen LogP contribution in [0.4, 0.5) is 5.69 Å². The number of hydrogen-bond acceptors (Lipinski definition) is 4. The molecule has 2 aliphatic heterocycles. The molecule has 0 radical (unpaired) electrons. The molecule has 4 nitrogen and oxygen atoms in total. The van der Waals surface area contributed by atoms with Gasteiger partial charge in [-0.3, -0.25) is 5.01 Å². The second-order valence-corrected chi connectivity index (χ2v) is 9.16. The maximum atomic E-state index is 6.54. The number of nitrogens with one attached hydrogen (secondary N) is 1. The Bertz CT molecular complexity index is 923. The molecular weight excluding hydrogens is 435 g/mol. The molecular formula is C23H26Cl2N4S. The van der Waals surface area contributed by atoms with E-state index >= 15 is 0 Å². The molecule has 0 saturated carbocycles. The number of benzene rings is 2. The van der Waals surface area contributed by atoms with Gasteiger partial charge in [0.1, 0.15) is 10.7 Å². The molecule has 30 heavy (non-hydrogen) atoms. The van der Waals surface area contributed by atoms with Crippen molar-refractivity contribution in [3.05, 3.63) is 64.1 Å². The zero-order valence-corrected chi connectivity index (χ0v) is 19.4. The molecule has 4 rings (SSSR count). The largest absolute Gasteiger partial charge is 0.308 e. The van der Waals surface area contributed by atoms with Gasteiger partial charge < -0.3 is 5.43 Å². The lowest BCUT2D eigenvalue weighted by Crippen LogP contribution is -2.45. The summed E-state index contributed by atoms with van der Waals surface area (Å²) in [6.45, 7) is 4.19. The van der Waals surface area contributed by atoms with E-state index in [1.54, 1.807) is 0 Å². The summed E-state index contributed by atoms with van der Waals surface area (Å²) in [6, 6.07) is 15.7. The van der Waals surface area contributed by atoms with Gasteiger partial charge in [-0.25, -0.2) is 5.01 Å². The van der Waals surface area contributed by atoms with Crippen molar-refractivity contribution in [2.75, 3.05) is 18.1 Å². The van der Waals surface area contributed by atoms with E-state index in [-0.39, 0.29) is 12.0 Å². The monoisotopic (exact) mass is 460 g/mol. The minimum Gasteiger partial charge on any atom is -0.308 e. The van der Waals surface area contributed by atoms with Crippen LogP contribution >= 0.6 is 35.4 Å². The van der Waals surface area contributed by atoms with Crippen LogP contribution in [0.25, 0.3) is 0 Å². The summed E-state index contributed by atoms with van der Waals surface area (Å²) in [4.78, 5) is 0.693. The van der Waals surface area contributed by atoms with Crippen molar-refractivity contribution in [3.8, 4) is 0 Å². The van der Waals surface area contributed by atoms with Gasteiger partial charge in [0.2, 0.25) is 0 Å². The Labute approximate surface area is 193 Å². The van der Waals surface area contributed by atoms with E-state index in [4.69, 9.17) is 40.5 Å². The number of para-hydroxylation sites is 1. The Morgan fingerprint density at radius 1 is 1.00 bits per heavy atom. The Balaban J connectivity index is 1.65. The van der Waals surface area contributed by atoms with Gasteiger partial charge in [-0.1, -0.05) is 79.5 Å². The average Bonchev–Trinajstić information content (AvgIpc) is 2.89. The molecule has 2 atom stereocenters. The number of anilines is 1. The summed E-state index contributed by atoms with van der Waals surface area (Å²) in [5.74, 6) is 0.0921. The third kappa shape index (κ3) is 4.65. The van der Waals surface area contributed by atoms with Crippen molar-refractivity contribution in [2.24, 2.45) is 11.0 Å². The highest BCUT2D eigenvalue weighted by Crippen LogP contribution is 2.42. The number of hydrazone groups is 1. The summed E-state index contributed by atoms with van der Waals surface area (Å²) in [7, 11) is 0. The van der Waals surface area contributed by atoms with E-state index in [0.717, 1.165) is 30.1 Å². The van der Waals surface area contributed by atoms with Crippen LogP contribution in [0.2, 0.25) is 10.0 Å². The molecule has 1 N–H and O–H groups in total. The van der Waals surface area contributed by atoms with Crippen molar-refractivity contribution < 1.29 is 0 Å². The molecule has 0 aliphatic carbocycles. The zero-order chi connectivity index (χ0) is 21.1. The molecule has 7 heteroatoms. The van der Waals surface area contributed by atoms with E-state index in [9.17, 15) is 0 Å². The maximum absolute atomic E-state index is 6.54. The minimum atomic E-state index is -0.0129. The van der Waals surface area contributed by atoms with Gasteiger partial charge in [-0.05, 0) is 42.7 Å². The van der Waals surface area contributed by atoms with Gasteiger partial charge in [0.15, 0.2) is 0 Å². The fraction of sp³-hybridized carbons (Fsp3) is 0.391. The molecule has 2 aromatic carbocycles. The molecule has 2 aliphatic rings. The molecule has 2 heterocycles. The van der Waals surface area contributed by atoms with Crippen LogP contribution in [0, 0.1) is 5.92 Å². The summed E-state index contributed by atoms with van der Waals surface area (Å²) in [5.41, 5.74) is 6.34. The number of thiocarbonyl (C=S) groups is 1. The van der Waals surface area contributed by atoms with Gasteiger partial charge in [0.05, 0.1) is 16.8 Å². The second kappa shape index (κ2) is 9.65. The SMILES string of the molecule is C[C@@H]1C(C(=S)NN2CCCCCC2)=NN(c2ccccc2Cl)[C@@H]1c1ccc(Cl)cc1. The summed E-state index contributed by atoms with van der Waals surface area (Å²) in [5, 5.41) is 10.6. The number of hydrogen-bond donors (Lipinski definition) is 1. The Morgan fingerprint density at radius 3 is 2.33 bits per heavy atom. The number of rotatable bonds is 4. The fourth-order valence-corrected chi connectivity index (χ4v) is 4.90. The second-order valence-electron chi connectivity index (χ2n) is 7.91. The maximum Gasteiger partial charge on any atom is 0.137 e. The summed E-state index contributed by atoms with van der Waals surface area (Å²) >= 11 is 18.5. The molecule has 158 valence electrons. The first-order chi connectivity index (χ1) is 14.5. The quantitative estimate of drug-likeness (QED) is 0.545. The van der Waals surface area contributed by atoms with Crippen molar-refractivity contribution in [1.82, 2.24) is 10.4 Å². The van der Waals surface area contributed by atoms with Crippen LogP contribution < -0.4 is 10.4 Å². The lowest BCUT2D eigenvalue weighted by molar-refractivity contribution is 0.248. The summed E-state index contributed by atoms with van der Waals surface area (Å²) < 4.78 is 0. The highest BCUT2D eigenvalue weighted by molar-refractivity contribution is 7.82. The van der Waals surface area contributed by atoms with E-state index in [1.807, 2.05) is 41.4 Å². The standard InChI is InChI=1S/C23H26Cl2N4S/c1-16-21(23(30)27-28-14-6-2-3-7-15-28)26-29(20-9-5-4-8-19(20)25)22(16)17-10-12-18(24)13-11-17/h4-5,8-13,16,22H,2-3,6-7,14-15H2,1H3,(H,27,30)/t16-,22+/m1/s1. The number of nitrogens with zero attached hydrogens (tertiary/aromatic N) is 3. The van der Waals surface area contributed by atoms with Gasteiger partial charge >= 0.3 is 0 Å². The fourth-order valence-electron chi connectivity index (χ4n) is 4.20. The topological polar surface area (TPSA) is 30.9 Å². The van der Waals surface area contributed by atoms with E-state index in [0.29, 0.717) is 15.0 Å². The third-order valence-electron chi connectivity index (χ3n) is 5.79. The predicted molar refractivity (Wildman–Crippen MR) is 130 cm³/mol. The van der Waals surface area contributed by atoms with Crippen molar-refractivity contribution in [1.29, 1.82) is 0 Å². The van der Waals surface area contributed by atoms with Crippen molar-refractivity contribution in [2.45, 2.75) is 38.6 Å². The first-order valence-corrected chi connectivity index (χ1v) is 11.6. The third-order valence-corrected chi connectivity index (χ3v) is 6.67. The first kappa shape index (κ1) is 21.6. The molecule has 0 unspecified atom stereocenters. The van der Waals surface area contributed by atoms with Gasteiger partial charge in [-0.15, -0.1) is 0 Å². The van der Waals surface area contributed by atoms with Crippen LogP contribution in [0.15, 0.2) is 53.6 Å². The lowest BCUT2D eigenvalue weighted by atomic mass is 9.91. The molecule has 1 saturated heterocycles. The average molecular weight is 461 g/mol. The Hall–Kier alpha value is -1.66. The normalized spacial score (nSPS) is 22.5. The van der Waals surface area contributed by atoms with Gasteiger partial charge in [0.25, 0.3) is 0 Å². The van der Waals surface area contributed by atoms with E-state index in [1.165, 1.54) is 25.7 Å². The van der Waals surface area contributed by atoms with Crippen LogP contribution in [-0.2, 0) is 0 Å². The first-order valence-electron chi connectivity index (χ1n) is 10.5. The Kier molecular flexibility index (Phi) is 6.94. The molecule has 0 spiro atoms. The molecule has 0 bridgehead atoms. The van der Waals surface area contributed by atoms with Gasteiger partial charge in [0, 0.05) is 24.0 Å².